The highest BCUT2D eigenvalue weighted by Crippen LogP contribution is 2.31. The fraction of sp³-hybridized carbons (Fsp3) is 0.294. The maximum atomic E-state index is 4.76. The summed E-state index contributed by atoms with van der Waals surface area (Å²) in [5.41, 5.74) is 3.04. The summed E-state index contributed by atoms with van der Waals surface area (Å²) in [6.45, 7) is 0. The zero-order valence-electron chi connectivity index (χ0n) is 11.9. The fourth-order valence-corrected chi connectivity index (χ4v) is 3.11. The zero-order chi connectivity index (χ0) is 14.1. The van der Waals surface area contributed by atoms with Crippen LogP contribution in [0.2, 0.25) is 0 Å². The van der Waals surface area contributed by atoms with Crippen LogP contribution in [0.3, 0.4) is 0 Å². The van der Waals surface area contributed by atoms with E-state index < -0.39 is 0 Å². The molecule has 21 heavy (non-hydrogen) atoms. The van der Waals surface area contributed by atoms with Gasteiger partial charge in [0.2, 0.25) is 0 Å². The van der Waals surface area contributed by atoms with Crippen molar-refractivity contribution in [3.8, 4) is 11.3 Å². The van der Waals surface area contributed by atoms with Gasteiger partial charge in [0.1, 0.15) is 11.5 Å². The van der Waals surface area contributed by atoms with Gasteiger partial charge in [0.25, 0.3) is 0 Å². The Hall–Kier alpha value is -2.36. The van der Waals surface area contributed by atoms with Crippen LogP contribution < -0.4 is 5.32 Å². The van der Waals surface area contributed by atoms with Gasteiger partial charge in [-0.05, 0) is 12.8 Å². The quantitative estimate of drug-likeness (QED) is 0.793. The van der Waals surface area contributed by atoms with Crippen LogP contribution in [0.1, 0.15) is 25.7 Å². The lowest BCUT2D eigenvalue weighted by atomic mass is 10.1. The maximum Gasteiger partial charge on any atom is 0.157 e. The number of rotatable bonds is 3. The lowest BCUT2D eigenvalue weighted by molar-refractivity contribution is 0.749. The molecule has 106 valence electrons. The number of benzene rings is 1. The summed E-state index contributed by atoms with van der Waals surface area (Å²) in [6.07, 6.45) is 10.7. The first-order valence-electron chi connectivity index (χ1n) is 7.56. The second kappa shape index (κ2) is 5.20. The zero-order valence-corrected chi connectivity index (χ0v) is 11.9. The fourth-order valence-electron chi connectivity index (χ4n) is 3.11. The Morgan fingerprint density at radius 3 is 2.71 bits per heavy atom. The van der Waals surface area contributed by atoms with Crippen molar-refractivity contribution in [3.63, 3.8) is 0 Å². The van der Waals surface area contributed by atoms with E-state index in [-0.39, 0.29) is 0 Å². The molecule has 2 heterocycles. The van der Waals surface area contributed by atoms with Crippen molar-refractivity contribution in [3.05, 3.63) is 48.9 Å². The van der Waals surface area contributed by atoms with Gasteiger partial charge in [0.15, 0.2) is 5.65 Å². The predicted octanol–water partition coefficient (Wildman–Crippen LogP) is 3.75. The van der Waals surface area contributed by atoms with Crippen LogP contribution in [0.15, 0.2) is 48.9 Å². The molecule has 1 fully saturated rings. The van der Waals surface area contributed by atoms with Crippen molar-refractivity contribution in [1.82, 2.24) is 14.4 Å². The van der Waals surface area contributed by atoms with Crippen molar-refractivity contribution in [2.45, 2.75) is 31.7 Å². The number of anilines is 1. The smallest absolute Gasteiger partial charge is 0.157 e. The van der Waals surface area contributed by atoms with Gasteiger partial charge in [-0.2, -0.15) is 0 Å². The van der Waals surface area contributed by atoms with Crippen molar-refractivity contribution >= 4 is 11.5 Å². The van der Waals surface area contributed by atoms with Gasteiger partial charge in [-0.3, -0.25) is 9.38 Å². The molecule has 2 aromatic heterocycles. The topological polar surface area (TPSA) is 42.2 Å². The second-order valence-electron chi connectivity index (χ2n) is 5.61. The summed E-state index contributed by atoms with van der Waals surface area (Å²) in [6, 6.07) is 10.9. The minimum Gasteiger partial charge on any atom is -0.367 e. The monoisotopic (exact) mass is 278 g/mol. The summed E-state index contributed by atoms with van der Waals surface area (Å²) < 4.78 is 2.10. The first-order valence-corrected chi connectivity index (χ1v) is 7.56. The summed E-state index contributed by atoms with van der Waals surface area (Å²) in [7, 11) is 0. The molecule has 1 aliphatic carbocycles. The van der Waals surface area contributed by atoms with Gasteiger partial charge in [0.05, 0.1) is 6.20 Å². The van der Waals surface area contributed by atoms with E-state index in [0.717, 1.165) is 22.7 Å². The third-order valence-corrected chi connectivity index (χ3v) is 4.17. The van der Waals surface area contributed by atoms with Crippen molar-refractivity contribution < 1.29 is 0 Å². The molecule has 3 aromatic rings. The van der Waals surface area contributed by atoms with E-state index in [1.165, 1.54) is 25.7 Å². The predicted molar refractivity (Wildman–Crippen MR) is 84.3 cm³/mol. The maximum absolute atomic E-state index is 4.76. The average Bonchev–Trinajstić information content (AvgIpc) is 3.17. The summed E-state index contributed by atoms with van der Waals surface area (Å²) in [4.78, 5) is 8.94. The van der Waals surface area contributed by atoms with Crippen LogP contribution in [0.5, 0.6) is 0 Å². The molecule has 4 heteroatoms. The molecule has 0 spiro atoms. The van der Waals surface area contributed by atoms with Crippen LogP contribution in [0, 0.1) is 0 Å². The molecule has 0 radical (unpaired) electrons. The standard InChI is InChI=1S/C17H18N4/c1-2-6-13(7-3-1)16-17(19-14-8-4-5-9-14)21-11-10-18-12-15(21)20-16/h1-3,6-7,10-12,14,19H,4-5,8-9H2. The molecule has 1 N–H and O–H groups in total. The van der Waals surface area contributed by atoms with E-state index in [0.29, 0.717) is 6.04 Å². The molecule has 1 saturated carbocycles. The molecular formula is C17H18N4. The summed E-state index contributed by atoms with van der Waals surface area (Å²) >= 11 is 0. The lowest BCUT2D eigenvalue weighted by Crippen LogP contribution is -2.16. The van der Waals surface area contributed by atoms with Gasteiger partial charge in [-0.25, -0.2) is 4.98 Å². The first-order chi connectivity index (χ1) is 10.4. The van der Waals surface area contributed by atoms with Crippen LogP contribution in [-0.2, 0) is 0 Å². The van der Waals surface area contributed by atoms with Crippen LogP contribution in [0.4, 0.5) is 5.82 Å². The van der Waals surface area contributed by atoms with Gasteiger partial charge in [-0.1, -0.05) is 43.2 Å². The number of nitrogens with zero attached hydrogens (tertiary/aromatic N) is 3. The molecule has 1 aromatic carbocycles. The summed E-state index contributed by atoms with van der Waals surface area (Å²) in [5.74, 6) is 1.09. The molecule has 1 aliphatic rings. The van der Waals surface area contributed by atoms with E-state index in [9.17, 15) is 0 Å². The highest BCUT2D eigenvalue weighted by Gasteiger charge is 2.20. The van der Waals surface area contributed by atoms with Gasteiger partial charge in [0, 0.05) is 24.0 Å². The highest BCUT2D eigenvalue weighted by atomic mass is 15.2. The molecule has 0 amide bonds. The molecule has 0 aliphatic heterocycles. The lowest BCUT2D eigenvalue weighted by Gasteiger charge is -2.14. The molecule has 0 atom stereocenters. The van der Waals surface area contributed by atoms with Crippen LogP contribution in [-0.4, -0.2) is 20.4 Å². The molecule has 0 unspecified atom stereocenters. The molecule has 0 bridgehead atoms. The van der Waals surface area contributed by atoms with Crippen molar-refractivity contribution in [2.24, 2.45) is 0 Å². The first kappa shape index (κ1) is 12.4. The Labute approximate surface area is 123 Å². The van der Waals surface area contributed by atoms with Crippen LogP contribution >= 0.6 is 0 Å². The van der Waals surface area contributed by atoms with Gasteiger partial charge < -0.3 is 5.32 Å². The minimum atomic E-state index is 0.556. The number of imidazole rings is 1. The molecular weight excluding hydrogens is 260 g/mol. The van der Waals surface area contributed by atoms with Crippen molar-refractivity contribution in [1.29, 1.82) is 0 Å². The van der Waals surface area contributed by atoms with E-state index in [4.69, 9.17) is 4.98 Å². The van der Waals surface area contributed by atoms with Gasteiger partial charge >= 0.3 is 0 Å². The highest BCUT2D eigenvalue weighted by molar-refractivity contribution is 5.76. The Kier molecular flexibility index (Phi) is 3.07. The van der Waals surface area contributed by atoms with Crippen molar-refractivity contribution in [2.75, 3.05) is 5.32 Å². The number of aromatic nitrogens is 3. The molecule has 4 nitrogen and oxygen atoms in total. The van der Waals surface area contributed by atoms with E-state index in [1.54, 1.807) is 0 Å². The van der Waals surface area contributed by atoms with E-state index >= 15 is 0 Å². The Balaban J connectivity index is 1.84. The molecule has 4 rings (SSSR count). The Morgan fingerprint density at radius 1 is 1.10 bits per heavy atom. The molecule has 0 saturated heterocycles. The second-order valence-corrected chi connectivity index (χ2v) is 5.61. The Bertz CT molecular complexity index is 742. The third-order valence-electron chi connectivity index (χ3n) is 4.17. The number of fused-ring (bicyclic) bond motifs is 1. The van der Waals surface area contributed by atoms with Crippen LogP contribution in [0.25, 0.3) is 16.9 Å². The normalized spacial score (nSPS) is 15.6. The van der Waals surface area contributed by atoms with Gasteiger partial charge in [-0.15, -0.1) is 0 Å². The number of hydrogen-bond acceptors (Lipinski definition) is 3. The number of nitrogens with one attached hydrogen (secondary N) is 1. The third kappa shape index (κ3) is 2.27. The largest absolute Gasteiger partial charge is 0.367 e. The number of hydrogen-bond donors (Lipinski definition) is 1. The van der Waals surface area contributed by atoms with E-state index in [1.807, 2.05) is 24.7 Å². The average molecular weight is 278 g/mol. The minimum absolute atomic E-state index is 0.556. The summed E-state index contributed by atoms with van der Waals surface area (Å²) in [5, 5.41) is 3.70. The Morgan fingerprint density at radius 2 is 1.90 bits per heavy atom. The van der Waals surface area contributed by atoms with E-state index in [2.05, 4.69) is 39.0 Å². The SMILES string of the molecule is c1ccc(-c2nc3cnccn3c2NC2CCCC2)cc1.